The lowest BCUT2D eigenvalue weighted by atomic mass is 9.85. The Morgan fingerprint density at radius 3 is 2.96 bits per heavy atom. The van der Waals surface area contributed by atoms with Crippen molar-refractivity contribution in [3.63, 3.8) is 0 Å². The summed E-state index contributed by atoms with van der Waals surface area (Å²) in [5, 5.41) is 17.8. The van der Waals surface area contributed by atoms with Crippen LogP contribution in [0.15, 0.2) is 29.5 Å². The Morgan fingerprint density at radius 1 is 1.31 bits per heavy atom. The third-order valence-corrected chi connectivity index (χ3v) is 5.58. The predicted molar refractivity (Wildman–Crippen MR) is 99.5 cm³/mol. The molecule has 2 aromatic rings. The summed E-state index contributed by atoms with van der Waals surface area (Å²) in [6.07, 6.45) is 3.25. The van der Waals surface area contributed by atoms with E-state index in [1.807, 2.05) is 12.1 Å². The van der Waals surface area contributed by atoms with Gasteiger partial charge < -0.3 is 10.4 Å². The van der Waals surface area contributed by atoms with Crippen LogP contribution in [0.5, 0.6) is 0 Å². The molecule has 0 fully saturated rings. The number of halogens is 2. The summed E-state index contributed by atoms with van der Waals surface area (Å²) >= 11 is 12.7. The maximum atomic E-state index is 12.7. The Hall–Kier alpha value is -1.89. The van der Waals surface area contributed by atoms with E-state index in [1.54, 1.807) is 10.7 Å². The van der Waals surface area contributed by atoms with Crippen LogP contribution >= 0.6 is 23.2 Å². The molecular weight excluding hydrogens is 375 g/mol. The molecule has 0 bridgehead atoms. The maximum absolute atomic E-state index is 12.7. The summed E-state index contributed by atoms with van der Waals surface area (Å²) in [5.74, 6) is 1.31. The predicted octanol–water partition coefficient (Wildman–Crippen LogP) is 3.53. The van der Waals surface area contributed by atoms with Crippen molar-refractivity contribution in [3.8, 4) is 0 Å². The third kappa shape index (κ3) is 2.92. The van der Waals surface area contributed by atoms with Gasteiger partial charge in [-0.1, -0.05) is 35.3 Å². The highest BCUT2D eigenvalue weighted by Gasteiger charge is 2.37. The van der Waals surface area contributed by atoms with Gasteiger partial charge in [0.2, 0.25) is 5.95 Å². The lowest BCUT2D eigenvalue weighted by Gasteiger charge is -2.32. The molecule has 1 atom stereocenters. The van der Waals surface area contributed by atoms with Crippen molar-refractivity contribution in [2.75, 3.05) is 11.9 Å². The second kappa shape index (κ2) is 7.02. The van der Waals surface area contributed by atoms with Crippen LogP contribution < -0.4 is 5.32 Å². The fourth-order valence-corrected chi connectivity index (χ4v) is 3.97. The molecule has 6 nitrogen and oxygen atoms in total. The molecule has 2 N–H and O–H groups in total. The van der Waals surface area contributed by atoms with Crippen LogP contribution in [-0.4, -0.2) is 32.3 Å². The first-order chi connectivity index (χ1) is 12.6. The zero-order valence-corrected chi connectivity index (χ0v) is 15.5. The first-order valence-electron chi connectivity index (χ1n) is 8.63. The van der Waals surface area contributed by atoms with Crippen LogP contribution in [-0.2, 0) is 11.2 Å². The van der Waals surface area contributed by atoms with Gasteiger partial charge in [0.1, 0.15) is 6.04 Å². The monoisotopic (exact) mass is 392 g/mol. The topological polar surface area (TPSA) is 80.0 Å². The summed E-state index contributed by atoms with van der Waals surface area (Å²) in [6, 6.07) is 4.97. The highest BCUT2D eigenvalue weighted by Crippen LogP contribution is 2.43. The number of hydrogen-bond donors (Lipinski definition) is 2. The second-order valence-electron chi connectivity index (χ2n) is 6.46. The van der Waals surface area contributed by atoms with Gasteiger partial charge in [-0.05, 0) is 25.3 Å². The molecule has 1 aliphatic heterocycles. The standard InChI is InChI=1S/C18H18Cl2N4O2/c19-11-5-1-4-10(16(11)20)17-15-12(6-2-7-13(15)26)21-18-22-14(8-3-9-25)23-24(17)18/h1,4-5,17,25H,2-3,6-9H2,(H,21,22,23). The van der Waals surface area contributed by atoms with Crippen molar-refractivity contribution < 1.29 is 9.90 Å². The number of nitrogens with zero attached hydrogens (tertiary/aromatic N) is 3. The number of aliphatic hydroxyl groups is 1. The van der Waals surface area contributed by atoms with Crippen molar-refractivity contribution in [2.45, 2.75) is 38.1 Å². The van der Waals surface area contributed by atoms with Gasteiger partial charge in [0.15, 0.2) is 11.6 Å². The molecule has 0 radical (unpaired) electrons. The zero-order chi connectivity index (χ0) is 18.3. The minimum absolute atomic E-state index is 0.0775. The van der Waals surface area contributed by atoms with Gasteiger partial charge in [0, 0.05) is 36.3 Å². The average Bonchev–Trinajstić information content (AvgIpc) is 3.03. The molecule has 8 heteroatoms. The number of benzene rings is 1. The average molecular weight is 393 g/mol. The van der Waals surface area contributed by atoms with Crippen molar-refractivity contribution in [3.05, 3.63) is 50.9 Å². The first kappa shape index (κ1) is 17.5. The SMILES string of the molecule is O=C1CCCC2=C1C(c1cccc(Cl)c1Cl)n1nc(CCCO)nc1N2. The van der Waals surface area contributed by atoms with E-state index in [9.17, 15) is 4.79 Å². The van der Waals surface area contributed by atoms with Gasteiger partial charge >= 0.3 is 0 Å². The molecule has 1 aliphatic carbocycles. The largest absolute Gasteiger partial charge is 0.396 e. The molecule has 1 aromatic carbocycles. The molecule has 0 saturated carbocycles. The molecule has 136 valence electrons. The smallest absolute Gasteiger partial charge is 0.226 e. The van der Waals surface area contributed by atoms with Crippen LogP contribution in [0.25, 0.3) is 0 Å². The van der Waals surface area contributed by atoms with Crippen LogP contribution in [0.1, 0.15) is 43.1 Å². The van der Waals surface area contributed by atoms with Gasteiger partial charge in [-0.3, -0.25) is 4.79 Å². The number of allylic oxidation sites excluding steroid dienone is 2. The van der Waals surface area contributed by atoms with Crippen molar-refractivity contribution >= 4 is 34.9 Å². The maximum Gasteiger partial charge on any atom is 0.226 e. The fourth-order valence-electron chi connectivity index (χ4n) is 3.56. The number of carbonyl (C=O) groups excluding carboxylic acids is 1. The van der Waals surface area contributed by atoms with E-state index >= 15 is 0 Å². The van der Waals surface area contributed by atoms with Crippen molar-refractivity contribution in [2.24, 2.45) is 0 Å². The van der Waals surface area contributed by atoms with Gasteiger partial charge in [-0.25, -0.2) is 4.68 Å². The van der Waals surface area contributed by atoms with Crippen molar-refractivity contribution in [1.29, 1.82) is 0 Å². The number of ketones is 1. The quantitative estimate of drug-likeness (QED) is 0.831. The normalized spacial score (nSPS) is 19.2. The Morgan fingerprint density at radius 2 is 2.15 bits per heavy atom. The number of hydrogen-bond acceptors (Lipinski definition) is 5. The number of carbonyl (C=O) groups is 1. The molecule has 0 amide bonds. The highest BCUT2D eigenvalue weighted by atomic mass is 35.5. The summed E-state index contributed by atoms with van der Waals surface area (Å²) in [5.41, 5.74) is 2.31. The van der Waals surface area contributed by atoms with Crippen LogP contribution in [0.3, 0.4) is 0 Å². The number of rotatable bonds is 4. The van der Waals surface area contributed by atoms with E-state index in [1.165, 1.54) is 0 Å². The van der Waals surface area contributed by atoms with E-state index in [-0.39, 0.29) is 12.4 Å². The highest BCUT2D eigenvalue weighted by molar-refractivity contribution is 6.42. The second-order valence-corrected chi connectivity index (χ2v) is 7.25. The van der Waals surface area contributed by atoms with Crippen molar-refractivity contribution in [1.82, 2.24) is 14.8 Å². The van der Waals surface area contributed by atoms with E-state index < -0.39 is 6.04 Å². The number of Topliss-reactive ketones (excluding diaryl/α,β-unsaturated/α-hetero) is 1. The molecule has 2 aliphatic rings. The van der Waals surface area contributed by atoms with Gasteiger partial charge in [0.25, 0.3) is 0 Å². The number of fused-ring (bicyclic) bond motifs is 1. The minimum Gasteiger partial charge on any atom is -0.396 e. The number of aryl methyl sites for hydroxylation is 1. The number of anilines is 1. The van der Waals surface area contributed by atoms with E-state index in [4.69, 9.17) is 28.3 Å². The molecular formula is C18H18Cl2N4O2. The zero-order valence-electron chi connectivity index (χ0n) is 14.0. The van der Waals surface area contributed by atoms with Crippen LogP contribution in [0, 0.1) is 0 Å². The summed E-state index contributed by atoms with van der Waals surface area (Å²) in [7, 11) is 0. The fraction of sp³-hybridized carbons (Fsp3) is 0.389. The molecule has 0 saturated heterocycles. The molecule has 1 unspecified atom stereocenters. The van der Waals surface area contributed by atoms with Gasteiger partial charge in [-0.2, -0.15) is 10.1 Å². The van der Waals surface area contributed by atoms with Gasteiger partial charge in [-0.15, -0.1) is 0 Å². The minimum atomic E-state index is -0.448. The third-order valence-electron chi connectivity index (χ3n) is 4.75. The van der Waals surface area contributed by atoms with Gasteiger partial charge in [0.05, 0.1) is 10.0 Å². The Kier molecular flexibility index (Phi) is 4.73. The van der Waals surface area contributed by atoms with Crippen LogP contribution in [0.2, 0.25) is 10.0 Å². The molecule has 4 rings (SSSR count). The Bertz CT molecular complexity index is 907. The lowest BCUT2D eigenvalue weighted by Crippen LogP contribution is -2.31. The molecule has 2 heterocycles. The molecule has 26 heavy (non-hydrogen) atoms. The van der Waals surface area contributed by atoms with E-state index in [2.05, 4.69) is 15.4 Å². The lowest BCUT2D eigenvalue weighted by molar-refractivity contribution is -0.116. The summed E-state index contributed by atoms with van der Waals surface area (Å²) < 4.78 is 1.71. The first-order valence-corrected chi connectivity index (χ1v) is 9.39. The number of aliphatic hydroxyl groups excluding tert-OH is 1. The summed E-state index contributed by atoms with van der Waals surface area (Å²) in [6.45, 7) is 0.0775. The summed E-state index contributed by atoms with van der Waals surface area (Å²) in [4.78, 5) is 17.3. The van der Waals surface area contributed by atoms with Crippen LogP contribution in [0.4, 0.5) is 5.95 Å². The molecule has 1 aromatic heterocycles. The number of nitrogens with one attached hydrogen (secondary N) is 1. The van der Waals surface area contributed by atoms with E-state index in [0.717, 1.165) is 24.1 Å². The molecule has 0 spiro atoms. The van der Waals surface area contributed by atoms with E-state index in [0.29, 0.717) is 46.7 Å². The Balaban J connectivity index is 1.87. The number of aromatic nitrogens is 3. The Labute approximate surface area is 160 Å².